The molecule has 0 aliphatic carbocycles. The summed E-state index contributed by atoms with van der Waals surface area (Å²) in [6, 6.07) is 9.38. The van der Waals surface area contributed by atoms with Crippen molar-refractivity contribution in [3.05, 3.63) is 91.1 Å². The van der Waals surface area contributed by atoms with E-state index in [9.17, 15) is 14.7 Å². The molecule has 1 fully saturated rings. The third kappa shape index (κ3) is 5.70. The molecule has 3 aromatic heterocycles. The molecule has 0 spiro atoms. The first-order valence-electron chi connectivity index (χ1n) is 13.1. The summed E-state index contributed by atoms with van der Waals surface area (Å²) in [7, 11) is 1.33. The van der Waals surface area contributed by atoms with Gasteiger partial charge in [-0.05, 0) is 36.8 Å². The van der Waals surface area contributed by atoms with Crippen LogP contribution >= 0.6 is 22.9 Å². The molecule has 0 bridgehead atoms. The second-order valence-corrected chi connectivity index (χ2v) is 11.5. The number of rotatable bonds is 10. The van der Waals surface area contributed by atoms with Crippen LogP contribution in [0.2, 0.25) is 4.34 Å². The van der Waals surface area contributed by atoms with Crippen LogP contribution in [-0.2, 0) is 24.4 Å². The second kappa shape index (κ2) is 11.7. The Morgan fingerprint density at radius 1 is 1.21 bits per heavy atom. The maximum absolute atomic E-state index is 15.6. The van der Waals surface area contributed by atoms with Gasteiger partial charge in [0.2, 0.25) is 5.88 Å². The van der Waals surface area contributed by atoms with Gasteiger partial charge in [0, 0.05) is 23.8 Å². The van der Waals surface area contributed by atoms with Gasteiger partial charge in [0.15, 0.2) is 0 Å². The zero-order valence-corrected chi connectivity index (χ0v) is 24.1. The Morgan fingerprint density at radius 3 is 2.70 bits per heavy atom. The average molecular weight is 629 g/mol. The Hall–Kier alpha value is -4.33. The highest BCUT2D eigenvalue weighted by atomic mass is 35.5. The fraction of sp³-hybridized carbons (Fsp3) is 0.241. The van der Waals surface area contributed by atoms with Gasteiger partial charge < -0.3 is 19.3 Å². The fourth-order valence-electron chi connectivity index (χ4n) is 4.85. The van der Waals surface area contributed by atoms with Gasteiger partial charge in [-0.3, -0.25) is 9.48 Å². The lowest BCUT2D eigenvalue weighted by atomic mass is 10.1. The summed E-state index contributed by atoms with van der Waals surface area (Å²) in [5, 5.41) is 10.4. The number of hydrogen-bond donors (Lipinski definition) is 1. The predicted octanol–water partition coefficient (Wildman–Crippen LogP) is 5.38. The zero-order chi connectivity index (χ0) is 30.2. The van der Waals surface area contributed by atoms with Crippen molar-refractivity contribution in [2.45, 2.75) is 32.2 Å². The van der Waals surface area contributed by atoms with E-state index >= 15 is 8.78 Å². The summed E-state index contributed by atoms with van der Waals surface area (Å²) >= 11 is 7.15. The van der Waals surface area contributed by atoms with Gasteiger partial charge in [0.05, 0.1) is 49.3 Å². The van der Waals surface area contributed by atoms with Crippen LogP contribution < -0.4 is 15.0 Å². The summed E-state index contributed by atoms with van der Waals surface area (Å²) in [5.41, 5.74) is -0.367. The summed E-state index contributed by atoms with van der Waals surface area (Å²) in [6.45, 7) is 0.536. The number of carboxylic acid groups (broad SMARTS) is 1. The zero-order valence-electron chi connectivity index (χ0n) is 22.6. The molecular formula is C29H23ClF2N4O6S. The highest BCUT2D eigenvalue weighted by molar-refractivity contribution is 7.15. The number of pyridine rings is 1. The molecule has 5 aromatic rings. The number of halogens is 3. The lowest BCUT2D eigenvalue weighted by Crippen LogP contribution is -2.35. The molecule has 1 aliphatic heterocycles. The molecule has 1 saturated heterocycles. The van der Waals surface area contributed by atoms with Crippen LogP contribution in [0, 0.1) is 11.6 Å². The Morgan fingerprint density at radius 2 is 2.02 bits per heavy atom. The highest BCUT2D eigenvalue weighted by Crippen LogP contribution is 2.30. The minimum absolute atomic E-state index is 0.0649. The van der Waals surface area contributed by atoms with Crippen molar-refractivity contribution < 1.29 is 32.9 Å². The van der Waals surface area contributed by atoms with E-state index in [-0.39, 0.29) is 70.7 Å². The Labute approximate surface area is 251 Å². The van der Waals surface area contributed by atoms with Gasteiger partial charge in [-0.1, -0.05) is 17.7 Å². The number of hydrogen-bond acceptors (Lipinski definition) is 8. The number of thiazole rings is 1. The van der Waals surface area contributed by atoms with E-state index < -0.39 is 23.2 Å². The number of methoxy groups -OCH3 is 1. The van der Waals surface area contributed by atoms with Crippen molar-refractivity contribution in [2.24, 2.45) is 0 Å². The van der Waals surface area contributed by atoms with Crippen LogP contribution in [0.5, 0.6) is 11.6 Å². The van der Waals surface area contributed by atoms with Gasteiger partial charge in [0.1, 0.15) is 38.7 Å². The number of carboxylic acids is 1. The summed E-state index contributed by atoms with van der Waals surface area (Å²) in [5.74, 6) is -2.46. The molecule has 1 N–H and O–H groups in total. The van der Waals surface area contributed by atoms with E-state index in [2.05, 4.69) is 9.97 Å². The lowest BCUT2D eigenvalue weighted by Gasteiger charge is -2.28. The van der Waals surface area contributed by atoms with Crippen molar-refractivity contribution in [1.29, 1.82) is 0 Å². The lowest BCUT2D eigenvalue weighted by molar-refractivity contribution is -0.0618. The third-order valence-corrected chi connectivity index (χ3v) is 8.15. The standard InChI is InChI=1S/C29H23ClF2N4O6S/c1-40-23-9-15(29(38)39)8-22-27(23)28(37)36(35(22)13-17-5-6-41-17)12-16-7-20(32)18(10-19(16)31)21-3-2-4-25(34-21)42-14-26-33-11-24(30)43-26/h2-4,7-11,17H,5-6,12-14H2,1H3,(H,38,39)/t17-/m0/s1. The van der Waals surface area contributed by atoms with Crippen LogP contribution in [0.15, 0.2) is 53.5 Å². The molecule has 43 heavy (non-hydrogen) atoms. The maximum atomic E-state index is 15.6. The third-order valence-electron chi connectivity index (χ3n) is 7.06. The smallest absolute Gasteiger partial charge is 0.335 e. The highest BCUT2D eigenvalue weighted by Gasteiger charge is 2.26. The van der Waals surface area contributed by atoms with Crippen molar-refractivity contribution in [1.82, 2.24) is 19.3 Å². The van der Waals surface area contributed by atoms with Gasteiger partial charge in [-0.25, -0.2) is 28.2 Å². The van der Waals surface area contributed by atoms with E-state index in [4.69, 9.17) is 25.8 Å². The molecule has 0 amide bonds. The average Bonchev–Trinajstić information content (AvgIpc) is 3.50. The molecule has 0 radical (unpaired) electrons. The molecule has 2 aromatic carbocycles. The number of aromatic nitrogens is 4. The van der Waals surface area contributed by atoms with Crippen LogP contribution in [0.3, 0.4) is 0 Å². The first-order valence-corrected chi connectivity index (χ1v) is 14.3. The molecule has 14 heteroatoms. The van der Waals surface area contributed by atoms with Crippen molar-refractivity contribution in [3.63, 3.8) is 0 Å². The minimum Gasteiger partial charge on any atom is -0.496 e. The van der Waals surface area contributed by atoms with Gasteiger partial charge in [-0.2, -0.15) is 0 Å². The number of aromatic carboxylic acids is 1. The summed E-state index contributed by atoms with van der Waals surface area (Å²) in [4.78, 5) is 33.8. The number of benzene rings is 2. The van der Waals surface area contributed by atoms with Gasteiger partial charge in [0.25, 0.3) is 5.56 Å². The predicted molar refractivity (Wildman–Crippen MR) is 154 cm³/mol. The first kappa shape index (κ1) is 28.8. The fourth-order valence-corrected chi connectivity index (χ4v) is 5.72. The molecule has 4 heterocycles. The number of ether oxygens (including phenoxy) is 3. The number of nitrogens with zero attached hydrogens (tertiary/aromatic N) is 4. The molecule has 1 atom stereocenters. The Bertz CT molecular complexity index is 1920. The summed E-state index contributed by atoms with van der Waals surface area (Å²) in [6.07, 6.45) is 2.01. The van der Waals surface area contributed by atoms with Crippen molar-refractivity contribution >= 4 is 39.8 Å². The quantitative estimate of drug-likeness (QED) is 0.219. The molecule has 0 unspecified atom stereocenters. The Balaban J connectivity index is 1.35. The van der Waals surface area contributed by atoms with Crippen LogP contribution in [0.1, 0.15) is 27.3 Å². The topological polar surface area (TPSA) is 118 Å². The maximum Gasteiger partial charge on any atom is 0.335 e. The molecule has 0 saturated carbocycles. The summed E-state index contributed by atoms with van der Waals surface area (Å²) < 4.78 is 50.9. The van der Waals surface area contributed by atoms with Gasteiger partial charge in [-0.15, -0.1) is 11.3 Å². The van der Waals surface area contributed by atoms with Crippen LogP contribution in [-0.4, -0.2) is 50.2 Å². The van der Waals surface area contributed by atoms with Crippen LogP contribution in [0.25, 0.3) is 22.2 Å². The largest absolute Gasteiger partial charge is 0.496 e. The first-order chi connectivity index (χ1) is 20.7. The molecule has 6 rings (SSSR count). The Kier molecular flexibility index (Phi) is 7.86. The van der Waals surface area contributed by atoms with E-state index in [0.717, 1.165) is 18.6 Å². The van der Waals surface area contributed by atoms with Gasteiger partial charge >= 0.3 is 5.97 Å². The minimum atomic E-state index is -1.20. The van der Waals surface area contributed by atoms with Crippen molar-refractivity contribution in [2.75, 3.05) is 13.7 Å². The van der Waals surface area contributed by atoms with E-state index in [1.54, 1.807) is 16.8 Å². The SMILES string of the molecule is COc1cc(C(=O)O)cc2c1c(=O)n(Cc1cc(F)c(-c3cccc(OCc4ncc(Cl)s4)n3)cc1F)n2C[C@@H]1CCO1. The van der Waals surface area contributed by atoms with E-state index in [1.807, 2.05) is 0 Å². The number of fused-ring (bicyclic) bond motifs is 1. The van der Waals surface area contributed by atoms with Crippen molar-refractivity contribution in [3.8, 4) is 22.9 Å². The number of carbonyl (C=O) groups is 1. The molecule has 222 valence electrons. The van der Waals surface area contributed by atoms with E-state index in [1.165, 1.54) is 47.5 Å². The second-order valence-electron chi connectivity index (χ2n) is 9.74. The van der Waals surface area contributed by atoms with E-state index in [0.29, 0.717) is 16.0 Å². The molecule has 1 aliphatic rings. The molecular weight excluding hydrogens is 606 g/mol. The molecule has 10 nitrogen and oxygen atoms in total. The normalized spacial score (nSPS) is 14.6. The monoisotopic (exact) mass is 628 g/mol. The van der Waals surface area contributed by atoms with Crippen LogP contribution in [0.4, 0.5) is 8.78 Å².